The summed E-state index contributed by atoms with van der Waals surface area (Å²) in [5.41, 5.74) is 0.235. The Bertz CT molecular complexity index is 480. The Balaban J connectivity index is 2.32. The third kappa shape index (κ3) is 3.10. The number of hydrogen-bond acceptors (Lipinski definition) is 7. The zero-order chi connectivity index (χ0) is 13.8. The molecule has 0 radical (unpaired) electrons. The Morgan fingerprint density at radius 1 is 1.42 bits per heavy atom. The molecule has 0 N–H and O–H groups in total. The number of thiazole rings is 1. The van der Waals surface area contributed by atoms with E-state index in [-0.39, 0.29) is 18.1 Å². The van der Waals surface area contributed by atoms with E-state index < -0.39 is 5.97 Å². The maximum Gasteiger partial charge on any atom is 0.360 e. The lowest BCUT2D eigenvalue weighted by atomic mass is 10.3. The quantitative estimate of drug-likeness (QED) is 0.614. The van der Waals surface area contributed by atoms with Gasteiger partial charge in [0.25, 0.3) is 0 Å². The van der Waals surface area contributed by atoms with Crippen LogP contribution in [0.1, 0.15) is 34.1 Å². The topological polar surface area (TPSA) is 68.7 Å². The number of aromatic nitrogens is 1. The first-order chi connectivity index (χ1) is 9.13. The number of nitrogens with zero attached hydrogens (tertiary/aromatic N) is 2. The van der Waals surface area contributed by atoms with Crippen molar-refractivity contribution in [3.8, 4) is 0 Å². The van der Waals surface area contributed by atoms with E-state index in [1.54, 1.807) is 6.92 Å². The summed E-state index contributed by atoms with van der Waals surface area (Å²) in [4.78, 5) is 29.5. The summed E-state index contributed by atoms with van der Waals surface area (Å²) in [6, 6.07) is 0. The average molecular weight is 284 g/mol. The summed E-state index contributed by atoms with van der Waals surface area (Å²) < 4.78 is 10.3. The molecule has 1 aromatic heterocycles. The lowest BCUT2D eigenvalue weighted by Gasteiger charge is -2.27. The Morgan fingerprint density at radius 3 is 2.68 bits per heavy atom. The highest BCUT2D eigenvalue weighted by atomic mass is 32.1. The van der Waals surface area contributed by atoms with Crippen molar-refractivity contribution in [3.05, 3.63) is 10.7 Å². The standard InChI is InChI=1S/C12H16N2O4S/c1-3-18-12(16)9-11(14-4-6-17-7-5-14)19-10(13-9)8(2)15/h3-7H2,1-2H3. The molecule has 0 unspecified atom stereocenters. The Labute approximate surface area is 115 Å². The molecule has 0 aliphatic carbocycles. The smallest absolute Gasteiger partial charge is 0.360 e. The van der Waals surface area contributed by atoms with Crippen LogP contribution in [0.25, 0.3) is 0 Å². The molecular weight excluding hydrogens is 268 g/mol. The van der Waals surface area contributed by atoms with Gasteiger partial charge in [0.05, 0.1) is 19.8 Å². The van der Waals surface area contributed by atoms with Crippen LogP contribution in [0.2, 0.25) is 0 Å². The maximum absolute atomic E-state index is 11.9. The molecule has 2 heterocycles. The monoisotopic (exact) mass is 284 g/mol. The fourth-order valence-electron chi connectivity index (χ4n) is 1.78. The molecule has 6 nitrogen and oxygen atoms in total. The van der Waals surface area contributed by atoms with Gasteiger partial charge in [0, 0.05) is 20.0 Å². The molecule has 0 spiro atoms. The second-order valence-corrected chi connectivity index (χ2v) is 5.03. The zero-order valence-electron chi connectivity index (χ0n) is 11.0. The van der Waals surface area contributed by atoms with Crippen LogP contribution in [0.15, 0.2) is 0 Å². The van der Waals surface area contributed by atoms with E-state index in [2.05, 4.69) is 4.98 Å². The van der Waals surface area contributed by atoms with Crippen LogP contribution in [0.3, 0.4) is 0 Å². The maximum atomic E-state index is 11.9. The molecule has 0 amide bonds. The average Bonchev–Trinajstić information content (AvgIpc) is 2.85. The van der Waals surface area contributed by atoms with Gasteiger partial charge in [-0.2, -0.15) is 0 Å². The Morgan fingerprint density at radius 2 is 2.11 bits per heavy atom. The van der Waals surface area contributed by atoms with Gasteiger partial charge in [-0.3, -0.25) is 4.79 Å². The first kappa shape index (κ1) is 14.0. The second kappa shape index (κ2) is 6.12. The van der Waals surface area contributed by atoms with Crippen LogP contribution >= 0.6 is 11.3 Å². The van der Waals surface area contributed by atoms with Gasteiger partial charge >= 0.3 is 5.97 Å². The number of morpholine rings is 1. The number of ketones is 1. The summed E-state index contributed by atoms with van der Waals surface area (Å²) in [5.74, 6) is -0.622. The fraction of sp³-hybridized carbons (Fsp3) is 0.583. The van der Waals surface area contributed by atoms with Crippen molar-refractivity contribution in [2.45, 2.75) is 13.8 Å². The Kier molecular flexibility index (Phi) is 4.49. The molecule has 1 aromatic rings. The summed E-state index contributed by atoms with van der Waals surface area (Å²) in [7, 11) is 0. The van der Waals surface area contributed by atoms with E-state index >= 15 is 0 Å². The van der Waals surface area contributed by atoms with Gasteiger partial charge in [-0.1, -0.05) is 11.3 Å². The largest absolute Gasteiger partial charge is 0.461 e. The Hall–Kier alpha value is -1.47. The van der Waals surface area contributed by atoms with E-state index in [4.69, 9.17) is 9.47 Å². The number of anilines is 1. The summed E-state index contributed by atoms with van der Waals surface area (Å²) in [6.07, 6.45) is 0. The minimum Gasteiger partial charge on any atom is -0.461 e. The highest BCUT2D eigenvalue weighted by Crippen LogP contribution is 2.30. The van der Waals surface area contributed by atoms with E-state index in [0.29, 0.717) is 36.3 Å². The van der Waals surface area contributed by atoms with Crippen LogP contribution in [0.4, 0.5) is 5.00 Å². The van der Waals surface area contributed by atoms with Crippen molar-refractivity contribution >= 4 is 28.1 Å². The summed E-state index contributed by atoms with van der Waals surface area (Å²) >= 11 is 1.24. The molecule has 0 atom stereocenters. The molecule has 1 aliphatic rings. The van der Waals surface area contributed by atoms with Crippen molar-refractivity contribution in [1.29, 1.82) is 0 Å². The van der Waals surface area contributed by atoms with Crippen LogP contribution in [-0.2, 0) is 9.47 Å². The molecular formula is C12H16N2O4S. The lowest BCUT2D eigenvalue weighted by molar-refractivity contribution is 0.0520. The van der Waals surface area contributed by atoms with Crippen LogP contribution in [-0.4, -0.2) is 49.6 Å². The highest BCUT2D eigenvalue weighted by molar-refractivity contribution is 7.18. The van der Waals surface area contributed by atoms with Gasteiger partial charge in [0.2, 0.25) is 0 Å². The third-order valence-corrected chi connectivity index (χ3v) is 3.89. The molecule has 7 heteroatoms. The third-order valence-electron chi connectivity index (χ3n) is 2.68. The molecule has 19 heavy (non-hydrogen) atoms. The van der Waals surface area contributed by atoms with Crippen molar-refractivity contribution in [1.82, 2.24) is 4.98 Å². The first-order valence-corrected chi connectivity index (χ1v) is 6.96. The van der Waals surface area contributed by atoms with Crippen molar-refractivity contribution in [2.24, 2.45) is 0 Å². The lowest BCUT2D eigenvalue weighted by Crippen LogP contribution is -2.36. The van der Waals surface area contributed by atoms with Crippen molar-refractivity contribution in [3.63, 3.8) is 0 Å². The minimum atomic E-state index is -0.479. The van der Waals surface area contributed by atoms with Crippen LogP contribution in [0.5, 0.6) is 0 Å². The van der Waals surface area contributed by atoms with Crippen LogP contribution < -0.4 is 4.90 Å². The minimum absolute atomic E-state index is 0.143. The highest BCUT2D eigenvalue weighted by Gasteiger charge is 2.26. The van der Waals surface area contributed by atoms with E-state index in [0.717, 1.165) is 0 Å². The number of carbonyl (C=O) groups excluding carboxylic acids is 2. The predicted octanol–water partition coefficient (Wildman–Crippen LogP) is 1.36. The first-order valence-electron chi connectivity index (χ1n) is 6.15. The van der Waals surface area contributed by atoms with Crippen molar-refractivity contribution in [2.75, 3.05) is 37.8 Å². The van der Waals surface area contributed by atoms with Gasteiger partial charge < -0.3 is 14.4 Å². The number of esters is 1. The normalized spacial score (nSPS) is 15.4. The van der Waals surface area contributed by atoms with Gasteiger partial charge in [-0.25, -0.2) is 9.78 Å². The molecule has 0 bridgehead atoms. The molecule has 0 saturated carbocycles. The second-order valence-electron chi connectivity index (χ2n) is 4.05. The summed E-state index contributed by atoms with van der Waals surface area (Å²) in [6.45, 7) is 6.05. The predicted molar refractivity (Wildman–Crippen MR) is 71.1 cm³/mol. The molecule has 0 aromatic carbocycles. The number of hydrogen-bond donors (Lipinski definition) is 0. The van der Waals surface area contributed by atoms with Gasteiger partial charge in [0.15, 0.2) is 16.5 Å². The number of carbonyl (C=O) groups is 2. The summed E-state index contributed by atoms with van der Waals surface area (Å²) in [5, 5.41) is 1.04. The molecule has 1 fully saturated rings. The van der Waals surface area contributed by atoms with Crippen LogP contribution in [0, 0.1) is 0 Å². The SMILES string of the molecule is CCOC(=O)c1nc(C(C)=O)sc1N1CCOCC1. The molecule has 104 valence electrons. The number of ether oxygens (including phenoxy) is 2. The number of Topliss-reactive ketones (excluding diaryl/α,β-unsaturated/α-hetero) is 1. The van der Waals surface area contributed by atoms with E-state index in [1.165, 1.54) is 18.3 Å². The van der Waals surface area contributed by atoms with Gasteiger partial charge in [-0.15, -0.1) is 0 Å². The van der Waals surface area contributed by atoms with Crippen molar-refractivity contribution < 1.29 is 19.1 Å². The molecule has 1 aliphatic heterocycles. The molecule has 2 rings (SSSR count). The van der Waals surface area contributed by atoms with E-state index in [1.807, 2.05) is 4.90 Å². The van der Waals surface area contributed by atoms with Gasteiger partial charge in [-0.05, 0) is 6.92 Å². The number of rotatable bonds is 4. The zero-order valence-corrected chi connectivity index (χ0v) is 11.8. The fourth-order valence-corrected chi connectivity index (χ4v) is 2.78. The van der Waals surface area contributed by atoms with E-state index in [9.17, 15) is 9.59 Å². The van der Waals surface area contributed by atoms with Gasteiger partial charge in [0.1, 0.15) is 5.00 Å². The molecule has 1 saturated heterocycles.